The number of carbonyl (C=O) groups excluding carboxylic acids is 3. The van der Waals surface area contributed by atoms with Gasteiger partial charge in [0.1, 0.15) is 16.4 Å². The van der Waals surface area contributed by atoms with Crippen molar-refractivity contribution in [2.45, 2.75) is 33.2 Å². The molecule has 1 atom stereocenters. The van der Waals surface area contributed by atoms with Crippen LogP contribution in [0, 0.1) is 13.8 Å². The summed E-state index contributed by atoms with van der Waals surface area (Å²) in [7, 11) is 2.60. The van der Waals surface area contributed by atoms with E-state index in [1.54, 1.807) is 25.1 Å². The lowest BCUT2D eigenvalue weighted by Crippen LogP contribution is -2.29. The number of aliphatic hydroxyl groups excluding tert-OH is 1. The number of phenols is 1. The fraction of sp³-hybridized carbons (Fsp3) is 0.286. The molecule has 2 N–H and O–H groups in total. The lowest BCUT2D eigenvalue weighted by atomic mass is 9.94. The van der Waals surface area contributed by atoms with Crippen LogP contribution in [0.4, 0.5) is 5.13 Å². The highest BCUT2D eigenvalue weighted by molar-refractivity contribution is 7.17. The standard InChI is InChI=1S/C28H28N2O8S/c1-6-11-38-19-10-8-17(12-14(19)2)23(32)21-22(16-7-9-18(31)20(13-16)36-4)30(26(34)24(21)33)28-29-15(3)25(39-28)27(35)37-5/h7-10,12-13,22,31-32H,6,11H2,1-5H3/t22-/m0/s1. The van der Waals surface area contributed by atoms with Crippen molar-refractivity contribution in [1.82, 2.24) is 4.98 Å². The van der Waals surface area contributed by atoms with Gasteiger partial charge in [0.25, 0.3) is 5.78 Å². The highest BCUT2D eigenvalue weighted by Gasteiger charge is 2.48. The highest BCUT2D eigenvalue weighted by atomic mass is 32.1. The van der Waals surface area contributed by atoms with Gasteiger partial charge in [0, 0.05) is 5.56 Å². The van der Waals surface area contributed by atoms with E-state index < -0.39 is 23.7 Å². The Labute approximate surface area is 229 Å². The Kier molecular flexibility index (Phi) is 7.91. The molecule has 2 heterocycles. The van der Waals surface area contributed by atoms with E-state index in [1.165, 1.54) is 32.4 Å². The van der Waals surface area contributed by atoms with Gasteiger partial charge in [0.15, 0.2) is 16.6 Å². The zero-order chi connectivity index (χ0) is 28.4. The summed E-state index contributed by atoms with van der Waals surface area (Å²) in [5, 5.41) is 21.7. The lowest BCUT2D eigenvalue weighted by molar-refractivity contribution is -0.132. The number of rotatable bonds is 8. The average molecular weight is 553 g/mol. The van der Waals surface area contributed by atoms with Crippen molar-refractivity contribution in [2.75, 3.05) is 25.7 Å². The van der Waals surface area contributed by atoms with Gasteiger partial charge in [-0.2, -0.15) is 0 Å². The third kappa shape index (κ3) is 5.05. The summed E-state index contributed by atoms with van der Waals surface area (Å²) in [5.74, 6) is -2.27. The first kappa shape index (κ1) is 27.6. The van der Waals surface area contributed by atoms with Crippen LogP contribution in [0.2, 0.25) is 0 Å². The monoisotopic (exact) mass is 552 g/mol. The number of methoxy groups -OCH3 is 2. The number of hydrogen-bond acceptors (Lipinski definition) is 10. The SMILES string of the molecule is CCCOc1ccc(C(O)=C2C(=O)C(=O)N(c3nc(C)c(C(=O)OC)s3)[C@H]2c2ccc(O)c(OC)c2)cc1C. The summed E-state index contributed by atoms with van der Waals surface area (Å²) in [4.78, 5) is 44.8. The number of aromatic nitrogens is 1. The number of aliphatic hydroxyl groups is 1. The molecular weight excluding hydrogens is 524 g/mol. The Morgan fingerprint density at radius 3 is 2.49 bits per heavy atom. The molecule has 0 radical (unpaired) electrons. The number of ketones is 1. The van der Waals surface area contributed by atoms with E-state index in [1.807, 2.05) is 13.8 Å². The fourth-order valence-corrected chi connectivity index (χ4v) is 5.31. The summed E-state index contributed by atoms with van der Waals surface area (Å²) < 4.78 is 15.8. The molecule has 2 aromatic carbocycles. The number of amides is 1. The molecule has 3 aromatic rings. The highest BCUT2D eigenvalue weighted by Crippen LogP contribution is 2.45. The molecule has 39 heavy (non-hydrogen) atoms. The summed E-state index contributed by atoms with van der Waals surface area (Å²) in [6, 6.07) is 8.20. The Balaban J connectivity index is 1.92. The molecule has 4 rings (SSSR count). The number of carbonyl (C=O) groups is 3. The van der Waals surface area contributed by atoms with Gasteiger partial charge in [-0.15, -0.1) is 0 Å². The van der Waals surface area contributed by atoms with Crippen LogP contribution in [-0.2, 0) is 14.3 Å². The second-order valence-corrected chi connectivity index (χ2v) is 9.81. The zero-order valence-corrected chi connectivity index (χ0v) is 22.9. The van der Waals surface area contributed by atoms with Crippen molar-refractivity contribution in [1.29, 1.82) is 0 Å². The lowest BCUT2D eigenvalue weighted by Gasteiger charge is -2.23. The molecule has 0 saturated carbocycles. The number of anilines is 1. The molecule has 204 valence electrons. The van der Waals surface area contributed by atoms with Gasteiger partial charge in [0.05, 0.1) is 38.1 Å². The molecule has 1 aromatic heterocycles. The van der Waals surface area contributed by atoms with E-state index in [-0.39, 0.29) is 32.8 Å². The van der Waals surface area contributed by atoms with Crippen LogP contribution in [0.25, 0.3) is 5.76 Å². The number of phenolic OH excluding ortho intramolecular Hbond substituents is 1. The number of esters is 1. The summed E-state index contributed by atoms with van der Waals surface area (Å²) in [6.45, 7) is 5.92. The van der Waals surface area contributed by atoms with Gasteiger partial charge in [-0.05, 0) is 61.7 Å². The van der Waals surface area contributed by atoms with Crippen molar-refractivity contribution in [3.63, 3.8) is 0 Å². The Bertz CT molecular complexity index is 1490. The maximum atomic E-state index is 13.5. The predicted octanol–water partition coefficient (Wildman–Crippen LogP) is 4.68. The first-order chi connectivity index (χ1) is 18.6. The molecule has 0 spiro atoms. The van der Waals surface area contributed by atoms with Crippen molar-refractivity contribution in [2.24, 2.45) is 0 Å². The molecule has 0 bridgehead atoms. The van der Waals surface area contributed by atoms with E-state index >= 15 is 0 Å². The van der Waals surface area contributed by atoms with E-state index in [2.05, 4.69) is 4.98 Å². The molecule has 11 heteroatoms. The van der Waals surface area contributed by atoms with E-state index in [0.29, 0.717) is 29.2 Å². The second kappa shape index (κ2) is 11.2. The first-order valence-corrected chi connectivity index (χ1v) is 12.9. The van der Waals surface area contributed by atoms with Crippen molar-refractivity contribution in [3.05, 3.63) is 69.2 Å². The molecule has 1 amide bonds. The van der Waals surface area contributed by atoms with Crippen LogP contribution in [0.3, 0.4) is 0 Å². The largest absolute Gasteiger partial charge is 0.507 e. The smallest absolute Gasteiger partial charge is 0.350 e. The number of aromatic hydroxyl groups is 1. The summed E-state index contributed by atoms with van der Waals surface area (Å²) >= 11 is 0.894. The molecule has 10 nitrogen and oxygen atoms in total. The minimum atomic E-state index is -1.13. The number of benzene rings is 2. The number of aryl methyl sites for hydroxylation is 2. The van der Waals surface area contributed by atoms with Crippen LogP contribution < -0.4 is 14.4 Å². The van der Waals surface area contributed by atoms with Crippen molar-refractivity contribution in [3.8, 4) is 17.2 Å². The molecular formula is C28H28N2O8S. The van der Waals surface area contributed by atoms with Crippen LogP contribution in [0.15, 0.2) is 42.0 Å². The molecule has 1 aliphatic heterocycles. The molecule has 1 aliphatic rings. The number of ether oxygens (including phenoxy) is 3. The van der Waals surface area contributed by atoms with E-state index in [4.69, 9.17) is 14.2 Å². The minimum absolute atomic E-state index is 0.0746. The zero-order valence-electron chi connectivity index (χ0n) is 22.1. The predicted molar refractivity (Wildman–Crippen MR) is 145 cm³/mol. The van der Waals surface area contributed by atoms with Gasteiger partial charge in [0.2, 0.25) is 0 Å². The fourth-order valence-electron chi connectivity index (χ4n) is 4.30. The second-order valence-electron chi connectivity index (χ2n) is 8.83. The Hall–Kier alpha value is -4.38. The third-order valence-electron chi connectivity index (χ3n) is 6.24. The van der Waals surface area contributed by atoms with Gasteiger partial charge < -0.3 is 24.4 Å². The summed E-state index contributed by atoms with van der Waals surface area (Å²) in [5.41, 5.74) is 1.57. The van der Waals surface area contributed by atoms with Gasteiger partial charge in [-0.25, -0.2) is 9.78 Å². The van der Waals surface area contributed by atoms with Crippen molar-refractivity contribution < 1.29 is 38.8 Å². The molecule has 0 unspecified atom stereocenters. The quantitative estimate of drug-likeness (QED) is 0.177. The molecule has 1 saturated heterocycles. The third-order valence-corrected chi connectivity index (χ3v) is 7.37. The van der Waals surface area contributed by atoms with Crippen LogP contribution in [-0.4, -0.2) is 53.7 Å². The number of hydrogen-bond donors (Lipinski definition) is 2. The Morgan fingerprint density at radius 2 is 1.85 bits per heavy atom. The topological polar surface area (TPSA) is 135 Å². The Morgan fingerprint density at radius 1 is 1.10 bits per heavy atom. The van der Waals surface area contributed by atoms with Gasteiger partial charge in [-0.3, -0.25) is 14.5 Å². The minimum Gasteiger partial charge on any atom is -0.507 e. The van der Waals surface area contributed by atoms with Gasteiger partial charge >= 0.3 is 11.9 Å². The van der Waals surface area contributed by atoms with Crippen molar-refractivity contribution >= 4 is 39.9 Å². The van der Waals surface area contributed by atoms with Crippen LogP contribution in [0.5, 0.6) is 17.2 Å². The maximum absolute atomic E-state index is 13.5. The maximum Gasteiger partial charge on any atom is 0.350 e. The van der Waals surface area contributed by atoms with E-state index in [9.17, 15) is 24.6 Å². The first-order valence-electron chi connectivity index (χ1n) is 12.1. The van der Waals surface area contributed by atoms with Crippen LogP contribution in [0.1, 0.15) is 51.4 Å². The normalized spacial score (nSPS) is 16.4. The molecule has 0 aliphatic carbocycles. The molecule has 1 fully saturated rings. The summed E-state index contributed by atoms with van der Waals surface area (Å²) in [6.07, 6.45) is 0.828. The number of Topliss-reactive ketones (excluding diaryl/α,β-unsaturated/α-hetero) is 1. The van der Waals surface area contributed by atoms with Crippen LogP contribution >= 0.6 is 11.3 Å². The number of nitrogens with zero attached hydrogens (tertiary/aromatic N) is 2. The average Bonchev–Trinajstić information content (AvgIpc) is 3.43. The van der Waals surface area contributed by atoms with Gasteiger partial charge in [-0.1, -0.05) is 24.3 Å². The van der Waals surface area contributed by atoms with E-state index in [0.717, 1.165) is 28.2 Å². The number of thiazole rings is 1.